The molecule has 0 aromatic carbocycles. The number of halogens is 3. The van der Waals surface area contributed by atoms with Gasteiger partial charge in [0.1, 0.15) is 18.0 Å². The minimum Gasteiger partial charge on any atom is -0.443 e. The molecule has 18 heavy (non-hydrogen) atoms. The van der Waals surface area contributed by atoms with Crippen LogP contribution in [-0.2, 0) is 4.74 Å². The quantitative estimate of drug-likeness (QED) is 0.845. The number of hydrogen-bond donors (Lipinski definition) is 1. The van der Waals surface area contributed by atoms with Crippen LogP contribution in [0.15, 0.2) is 12.5 Å². The van der Waals surface area contributed by atoms with Crippen molar-refractivity contribution in [1.29, 1.82) is 0 Å². The van der Waals surface area contributed by atoms with E-state index < -0.39 is 29.6 Å². The molecule has 1 aromatic rings. The summed E-state index contributed by atoms with van der Waals surface area (Å²) in [5.41, 5.74) is 3.78. The molecule has 1 atom stereocenters. The Labute approximate surface area is 102 Å². The molecule has 1 unspecified atom stereocenters. The number of carbonyl (C=O) groups excluding carboxylic acids is 1. The lowest BCUT2D eigenvalue weighted by Crippen LogP contribution is -2.29. The standard InChI is InChI=1S/C10H14F3N3O2/c1-9(2,3)18-8(17)16-4-6(15-5-16)7(14)10(11,12)13/h4-5,7H,14H2,1-3H3. The maximum absolute atomic E-state index is 12.3. The highest BCUT2D eigenvalue weighted by Crippen LogP contribution is 2.29. The van der Waals surface area contributed by atoms with E-state index in [9.17, 15) is 18.0 Å². The molecule has 102 valence electrons. The van der Waals surface area contributed by atoms with Gasteiger partial charge < -0.3 is 10.5 Å². The molecule has 2 N–H and O–H groups in total. The van der Waals surface area contributed by atoms with Crippen LogP contribution in [0.3, 0.4) is 0 Å². The van der Waals surface area contributed by atoms with Gasteiger partial charge in [0.25, 0.3) is 0 Å². The van der Waals surface area contributed by atoms with Gasteiger partial charge >= 0.3 is 12.3 Å². The van der Waals surface area contributed by atoms with Crippen molar-refractivity contribution in [3.8, 4) is 0 Å². The van der Waals surface area contributed by atoms with E-state index in [1.165, 1.54) is 0 Å². The Morgan fingerprint density at radius 2 is 2.00 bits per heavy atom. The number of aromatic nitrogens is 2. The van der Waals surface area contributed by atoms with Gasteiger partial charge in [0.2, 0.25) is 0 Å². The van der Waals surface area contributed by atoms with Gasteiger partial charge in [-0.3, -0.25) is 0 Å². The van der Waals surface area contributed by atoms with Crippen molar-refractivity contribution in [2.45, 2.75) is 38.6 Å². The molecular formula is C10H14F3N3O2. The largest absolute Gasteiger partial charge is 0.443 e. The zero-order valence-corrected chi connectivity index (χ0v) is 10.2. The zero-order chi connectivity index (χ0) is 14.1. The fourth-order valence-electron chi connectivity index (χ4n) is 1.08. The number of rotatable bonds is 1. The summed E-state index contributed by atoms with van der Waals surface area (Å²) in [7, 11) is 0. The summed E-state index contributed by atoms with van der Waals surface area (Å²) < 4.78 is 42.8. The average molecular weight is 265 g/mol. The van der Waals surface area contributed by atoms with Crippen LogP contribution in [0.1, 0.15) is 32.5 Å². The van der Waals surface area contributed by atoms with E-state index in [0.717, 1.165) is 17.1 Å². The van der Waals surface area contributed by atoms with E-state index in [1.807, 2.05) is 0 Å². The number of ether oxygens (including phenoxy) is 1. The molecule has 0 aliphatic carbocycles. The van der Waals surface area contributed by atoms with Crippen LogP contribution in [0, 0.1) is 0 Å². The SMILES string of the molecule is CC(C)(C)OC(=O)n1cnc(C(N)C(F)(F)F)c1. The first-order chi connectivity index (χ1) is 8.00. The van der Waals surface area contributed by atoms with Crippen LogP contribution in [-0.4, -0.2) is 27.4 Å². The molecule has 0 fully saturated rings. The highest BCUT2D eigenvalue weighted by molar-refractivity contribution is 5.70. The topological polar surface area (TPSA) is 70.1 Å². The molecule has 0 radical (unpaired) electrons. The Kier molecular flexibility index (Phi) is 3.70. The number of carbonyl (C=O) groups is 1. The molecule has 1 rings (SSSR count). The number of alkyl halides is 3. The second-order valence-electron chi connectivity index (χ2n) is 4.71. The first-order valence-corrected chi connectivity index (χ1v) is 5.10. The lowest BCUT2D eigenvalue weighted by Gasteiger charge is -2.19. The Morgan fingerprint density at radius 3 is 2.44 bits per heavy atom. The summed E-state index contributed by atoms with van der Waals surface area (Å²) in [6, 6.07) is -2.22. The van der Waals surface area contributed by atoms with Gasteiger partial charge in [-0.15, -0.1) is 0 Å². The molecule has 0 amide bonds. The van der Waals surface area contributed by atoms with Crippen molar-refractivity contribution in [2.24, 2.45) is 5.73 Å². The zero-order valence-electron chi connectivity index (χ0n) is 10.2. The van der Waals surface area contributed by atoms with E-state index in [2.05, 4.69) is 4.98 Å². The molecule has 0 aliphatic heterocycles. The van der Waals surface area contributed by atoms with E-state index in [0.29, 0.717) is 0 Å². The van der Waals surface area contributed by atoms with Gasteiger partial charge in [0.05, 0.1) is 5.69 Å². The summed E-state index contributed by atoms with van der Waals surface area (Å²) in [5, 5.41) is 0. The monoisotopic (exact) mass is 265 g/mol. The normalized spacial score (nSPS) is 14.4. The van der Waals surface area contributed by atoms with Gasteiger partial charge in [-0.1, -0.05) is 0 Å². The first-order valence-electron chi connectivity index (χ1n) is 5.10. The minimum atomic E-state index is -4.60. The van der Waals surface area contributed by atoms with E-state index in [4.69, 9.17) is 10.5 Å². The molecule has 1 heterocycles. The van der Waals surface area contributed by atoms with Gasteiger partial charge in [-0.05, 0) is 20.8 Å². The Bertz CT molecular complexity index is 434. The van der Waals surface area contributed by atoms with E-state index in [1.54, 1.807) is 20.8 Å². The first kappa shape index (κ1) is 14.5. The van der Waals surface area contributed by atoms with Crippen LogP contribution in [0.5, 0.6) is 0 Å². The summed E-state index contributed by atoms with van der Waals surface area (Å²) >= 11 is 0. The van der Waals surface area contributed by atoms with Crippen LogP contribution < -0.4 is 5.73 Å². The average Bonchev–Trinajstić information content (AvgIpc) is 2.60. The lowest BCUT2D eigenvalue weighted by molar-refractivity contribution is -0.149. The Morgan fingerprint density at radius 1 is 1.44 bits per heavy atom. The fraction of sp³-hybridized carbons (Fsp3) is 0.600. The molecular weight excluding hydrogens is 251 g/mol. The van der Waals surface area contributed by atoms with Gasteiger partial charge in [0, 0.05) is 6.20 Å². The van der Waals surface area contributed by atoms with Gasteiger partial charge in [-0.2, -0.15) is 13.2 Å². The lowest BCUT2D eigenvalue weighted by atomic mass is 10.2. The van der Waals surface area contributed by atoms with Gasteiger partial charge in [-0.25, -0.2) is 14.3 Å². The summed E-state index contributed by atoms with van der Waals surface area (Å²) in [6.07, 6.45) is -3.57. The maximum Gasteiger partial charge on any atom is 0.419 e. The molecule has 5 nitrogen and oxygen atoms in total. The summed E-state index contributed by atoms with van der Waals surface area (Å²) in [5.74, 6) is 0. The minimum absolute atomic E-state index is 0.437. The van der Waals surface area contributed by atoms with Crippen molar-refractivity contribution in [2.75, 3.05) is 0 Å². The third-order valence-corrected chi connectivity index (χ3v) is 1.88. The maximum atomic E-state index is 12.3. The van der Waals surface area contributed by atoms with E-state index in [-0.39, 0.29) is 0 Å². The molecule has 1 aromatic heterocycles. The molecule has 0 bridgehead atoms. The number of hydrogen-bond acceptors (Lipinski definition) is 4. The van der Waals surface area contributed by atoms with Crippen molar-refractivity contribution in [3.63, 3.8) is 0 Å². The molecule has 0 saturated carbocycles. The van der Waals surface area contributed by atoms with Crippen molar-refractivity contribution in [1.82, 2.24) is 9.55 Å². The molecule has 8 heteroatoms. The highest BCUT2D eigenvalue weighted by Gasteiger charge is 2.39. The molecule has 0 spiro atoms. The van der Waals surface area contributed by atoms with Crippen molar-refractivity contribution >= 4 is 6.09 Å². The number of nitrogens with two attached hydrogens (primary N) is 1. The van der Waals surface area contributed by atoms with E-state index >= 15 is 0 Å². The predicted octanol–water partition coefficient (Wildman–Crippen LogP) is 2.23. The summed E-state index contributed by atoms with van der Waals surface area (Å²) in [6.45, 7) is 4.93. The molecule has 0 saturated heterocycles. The molecule has 0 aliphatic rings. The Balaban J connectivity index is 2.84. The second kappa shape index (κ2) is 4.60. The fourth-order valence-corrected chi connectivity index (χ4v) is 1.08. The van der Waals surface area contributed by atoms with Crippen LogP contribution in [0.2, 0.25) is 0 Å². The van der Waals surface area contributed by atoms with Crippen LogP contribution in [0.4, 0.5) is 18.0 Å². The third kappa shape index (κ3) is 3.73. The van der Waals surface area contributed by atoms with Crippen molar-refractivity contribution < 1.29 is 22.7 Å². The second-order valence-corrected chi connectivity index (χ2v) is 4.71. The number of imidazole rings is 1. The number of nitrogens with zero attached hydrogens (tertiary/aromatic N) is 2. The smallest absolute Gasteiger partial charge is 0.419 e. The summed E-state index contributed by atoms with van der Waals surface area (Å²) in [4.78, 5) is 15.0. The Hall–Kier alpha value is -1.57. The van der Waals surface area contributed by atoms with Crippen molar-refractivity contribution in [3.05, 3.63) is 18.2 Å². The van der Waals surface area contributed by atoms with Crippen LogP contribution in [0.25, 0.3) is 0 Å². The third-order valence-electron chi connectivity index (χ3n) is 1.88. The highest BCUT2D eigenvalue weighted by atomic mass is 19.4. The van der Waals surface area contributed by atoms with Crippen LogP contribution >= 0.6 is 0 Å². The van der Waals surface area contributed by atoms with Gasteiger partial charge in [0.15, 0.2) is 0 Å². The predicted molar refractivity (Wildman–Crippen MR) is 56.8 cm³/mol.